The van der Waals surface area contributed by atoms with Crippen LogP contribution in [0.3, 0.4) is 0 Å². The van der Waals surface area contributed by atoms with Crippen molar-refractivity contribution in [1.29, 1.82) is 0 Å². The summed E-state index contributed by atoms with van der Waals surface area (Å²) in [5.74, 6) is -0.341. The molecule has 0 radical (unpaired) electrons. The molecule has 4 rings (SSSR count). The van der Waals surface area contributed by atoms with Crippen LogP contribution in [0.5, 0.6) is 0 Å². The van der Waals surface area contributed by atoms with Crippen LogP contribution in [0.4, 0.5) is 10.1 Å². The number of aromatic nitrogens is 2. The first-order valence-corrected chi connectivity index (χ1v) is 8.65. The average Bonchev–Trinajstić information content (AvgIpc) is 3.13. The first-order valence-electron chi connectivity index (χ1n) is 8.65. The molecule has 4 aromatic rings. The van der Waals surface area contributed by atoms with Crippen molar-refractivity contribution in [2.24, 2.45) is 0 Å². The zero-order valence-electron chi connectivity index (χ0n) is 15.0. The summed E-state index contributed by atoms with van der Waals surface area (Å²) in [7, 11) is 0. The first kappa shape index (κ1) is 17.6. The lowest BCUT2D eigenvalue weighted by Gasteiger charge is -2.10. The molecule has 2 aromatic heterocycles. The highest BCUT2D eigenvalue weighted by Crippen LogP contribution is 2.30. The number of fused-ring (bicyclic) bond motifs is 1. The van der Waals surface area contributed by atoms with Gasteiger partial charge >= 0.3 is 0 Å². The molecule has 0 aliphatic rings. The summed E-state index contributed by atoms with van der Waals surface area (Å²) >= 11 is 0. The van der Waals surface area contributed by atoms with E-state index in [4.69, 9.17) is 0 Å². The number of ketones is 1. The molecule has 0 atom stereocenters. The van der Waals surface area contributed by atoms with Crippen LogP contribution in [0.15, 0.2) is 67.0 Å². The van der Waals surface area contributed by atoms with Gasteiger partial charge in [0.25, 0.3) is 0 Å². The van der Waals surface area contributed by atoms with Crippen molar-refractivity contribution in [2.75, 3.05) is 5.32 Å². The summed E-state index contributed by atoms with van der Waals surface area (Å²) < 4.78 is 15.1. The number of imidazole rings is 1. The highest BCUT2D eigenvalue weighted by Gasteiger charge is 2.13. The number of benzene rings is 2. The average molecular weight is 373 g/mol. The van der Waals surface area contributed by atoms with Gasteiger partial charge in [-0.05, 0) is 36.8 Å². The van der Waals surface area contributed by atoms with E-state index in [0.717, 1.165) is 22.4 Å². The second kappa shape index (κ2) is 7.08. The molecular weight excluding hydrogens is 357 g/mol. The Kier molecular flexibility index (Phi) is 4.45. The Morgan fingerprint density at radius 3 is 2.57 bits per heavy atom. The largest absolute Gasteiger partial charge is 0.326 e. The molecule has 28 heavy (non-hydrogen) atoms. The molecule has 0 aliphatic carbocycles. The van der Waals surface area contributed by atoms with Crippen LogP contribution in [-0.2, 0) is 4.79 Å². The molecule has 0 fully saturated rings. The second-order valence-corrected chi connectivity index (χ2v) is 6.39. The second-order valence-electron chi connectivity index (χ2n) is 6.39. The van der Waals surface area contributed by atoms with Crippen molar-refractivity contribution in [2.45, 2.75) is 6.92 Å². The van der Waals surface area contributed by atoms with Crippen LogP contribution in [0.2, 0.25) is 0 Å². The molecule has 2 heterocycles. The minimum absolute atomic E-state index is 0.0222. The van der Waals surface area contributed by atoms with E-state index in [-0.39, 0.29) is 11.6 Å². The van der Waals surface area contributed by atoms with Crippen LogP contribution in [0.1, 0.15) is 17.3 Å². The topological polar surface area (TPSA) is 63.5 Å². The van der Waals surface area contributed by atoms with Gasteiger partial charge in [0.1, 0.15) is 5.82 Å². The minimum atomic E-state index is -0.319. The Hall–Kier alpha value is -3.80. The van der Waals surface area contributed by atoms with Crippen molar-refractivity contribution in [1.82, 2.24) is 9.38 Å². The van der Waals surface area contributed by atoms with Crippen LogP contribution in [0.25, 0.3) is 28.0 Å². The first-order chi connectivity index (χ1) is 13.6. The molecule has 0 bridgehead atoms. The maximum Gasteiger partial charge on any atom is 0.211 e. The van der Waals surface area contributed by atoms with Crippen molar-refractivity contribution in [3.8, 4) is 22.4 Å². The van der Waals surface area contributed by atoms with Gasteiger partial charge in [0.2, 0.25) is 6.41 Å². The summed E-state index contributed by atoms with van der Waals surface area (Å²) in [6.45, 7) is 1.52. The molecule has 1 amide bonds. The fraction of sp³-hybridized carbons (Fsp3) is 0.0455. The van der Waals surface area contributed by atoms with Gasteiger partial charge in [0, 0.05) is 22.9 Å². The monoisotopic (exact) mass is 373 g/mol. The summed E-state index contributed by atoms with van der Waals surface area (Å²) in [4.78, 5) is 27.2. The molecule has 138 valence electrons. The number of rotatable bonds is 5. The van der Waals surface area contributed by atoms with Crippen molar-refractivity contribution in [3.63, 3.8) is 0 Å². The van der Waals surface area contributed by atoms with Crippen LogP contribution < -0.4 is 5.32 Å². The van der Waals surface area contributed by atoms with E-state index in [1.807, 2.05) is 28.8 Å². The van der Waals surface area contributed by atoms with E-state index in [9.17, 15) is 14.0 Å². The molecule has 0 saturated heterocycles. The maximum atomic E-state index is 13.3. The van der Waals surface area contributed by atoms with Gasteiger partial charge in [-0.1, -0.05) is 30.3 Å². The van der Waals surface area contributed by atoms with E-state index < -0.39 is 0 Å². The molecule has 0 spiro atoms. The number of anilines is 1. The Balaban J connectivity index is 1.94. The van der Waals surface area contributed by atoms with Gasteiger partial charge in [-0.2, -0.15) is 0 Å². The fourth-order valence-corrected chi connectivity index (χ4v) is 3.17. The number of carbonyl (C=O) groups is 2. The lowest BCUT2D eigenvalue weighted by Crippen LogP contribution is -2.00. The predicted molar refractivity (Wildman–Crippen MR) is 106 cm³/mol. The van der Waals surface area contributed by atoms with Crippen molar-refractivity contribution >= 4 is 23.5 Å². The number of nitrogens with one attached hydrogen (secondary N) is 1. The molecular formula is C22H16FN3O2. The fourth-order valence-electron chi connectivity index (χ4n) is 3.17. The third-order valence-corrected chi connectivity index (χ3v) is 4.56. The van der Waals surface area contributed by atoms with Crippen LogP contribution in [-0.4, -0.2) is 21.6 Å². The number of Topliss-reactive ketones (excluding diaryl/α,β-unsaturated/α-hetero) is 1. The summed E-state index contributed by atoms with van der Waals surface area (Å²) in [5.41, 5.74) is 4.90. The normalized spacial score (nSPS) is 10.8. The van der Waals surface area contributed by atoms with E-state index in [1.54, 1.807) is 30.5 Å². The number of halogens is 1. The highest BCUT2D eigenvalue weighted by atomic mass is 19.1. The molecule has 1 N–H and O–H groups in total. The standard InChI is InChI=1S/C22H16FN3O2/c1-14(28)16-3-2-4-17(9-16)21-11-24-22-20(25-13-27)10-18(12-26(21)22)15-5-7-19(23)8-6-15/h2-13H,1H3,(H,25,27). The quantitative estimate of drug-likeness (QED) is 0.411. The van der Waals surface area contributed by atoms with E-state index in [2.05, 4.69) is 10.3 Å². The zero-order chi connectivity index (χ0) is 19.7. The highest BCUT2D eigenvalue weighted by molar-refractivity contribution is 5.95. The Morgan fingerprint density at radius 1 is 1.07 bits per heavy atom. The molecule has 0 unspecified atom stereocenters. The number of hydrogen-bond acceptors (Lipinski definition) is 3. The van der Waals surface area contributed by atoms with Gasteiger partial charge in [0.05, 0.1) is 17.6 Å². The zero-order valence-corrected chi connectivity index (χ0v) is 15.0. The van der Waals surface area contributed by atoms with E-state index in [0.29, 0.717) is 23.3 Å². The van der Waals surface area contributed by atoms with Gasteiger partial charge < -0.3 is 5.32 Å². The summed E-state index contributed by atoms with van der Waals surface area (Å²) in [5, 5.41) is 2.67. The van der Waals surface area contributed by atoms with Crippen molar-refractivity contribution < 1.29 is 14.0 Å². The number of nitrogens with zero attached hydrogens (tertiary/aromatic N) is 2. The lowest BCUT2D eigenvalue weighted by molar-refractivity contribution is -0.105. The number of amides is 1. The Morgan fingerprint density at radius 2 is 1.86 bits per heavy atom. The number of carbonyl (C=O) groups excluding carboxylic acids is 2. The van der Waals surface area contributed by atoms with E-state index in [1.165, 1.54) is 19.1 Å². The van der Waals surface area contributed by atoms with Gasteiger partial charge in [0.15, 0.2) is 11.4 Å². The minimum Gasteiger partial charge on any atom is -0.326 e. The van der Waals surface area contributed by atoms with Gasteiger partial charge in [-0.25, -0.2) is 9.37 Å². The molecule has 0 saturated carbocycles. The van der Waals surface area contributed by atoms with Gasteiger partial charge in [-0.15, -0.1) is 0 Å². The lowest BCUT2D eigenvalue weighted by atomic mass is 10.1. The predicted octanol–water partition coefficient (Wildman–Crippen LogP) is 4.58. The molecule has 5 nitrogen and oxygen atoms in total. The third-order valence-electron chi connectivity index (χ3n) is 4.56. The molecule has 6 heteroatoms. The summed E-state index contributed by atoms with van der Waals surface area (Å²) in [6.07, 6.45) is 4.16. The Bertz CT molecular complexity index is 1200. The SMILES string of the molecule is CC(=O)c1cccc(-c2cnc3c(NC=O)cc(-c4ccc(F)cc4)cn23)c1. The van der Waals surface area contributed by atoms with E-state index >= 15 is 0 Å². The number of hydrogen-bond donors (Lipinski definition) is 1. The maximum absolute atomic E-state index is 13.3. The smallest absolute Gasteiger partial charge is 0.211 e. The van der Waals surface area contributed by atoms with Crippen LogP contribution in [0, 0.1) is 5.82 Å². The van der Waals surface area contributed by atoms with Gasteiger partial charge in [-0.3, -0.25) is 14.0 Å². The Labute approximate surface area is 160 Å². The molecule has 2 aromatic carbocycles. The number of pyridine rings is 1. The third kappa shape index (κ3) is 3.16. The summed E-state index contributed by atoms with van der Waals surface area (Å²) in [6, 6.07) is 15.2. The van der Waals surface area contributed by atoms with Crippen molar-refractivity contribution in [3.05, 3.63) is 78.4 Å². The molecule has 0 aliphatic heterocycles. The van der Waals surface area contributed by atoms with Crippen LogP contribution >= 0.6 is 0 Å².